The number of halogens is 1. The zero-order valence-corrected chi connectivity index (χ0v) is 5.08. The molecule has 9 heavy (non-hydrogen) atoms. The van der Waals surface area contributed by atoms with Crippen molar-refractivity contribution in [3.05, 3.63) is 22.2 Å². The van der Waals surface area contributed by atoms with Gasteiger partial charge in [-0.3, -0.25) is 10.5 Å². The molecule has 3 nitrogen and oxygen atoms in total. The second-order valence-corrected chi connectivity index (χ2v) is 1.75. The molecule has 0 fully saturated rings. The zero-order valence-electron chi connectivity index (χ0n) is 8.33. The summed E-state index contributed by atoms with van der Waals surface area (Å²) in [7, 11) is 0. The third-order valence-corrected chi connectivity index (χ3v) is 0.923. The van der Waals surface area contributed by atoms with E-state index in [1.807, 2.05) is 0 Å². The second-order valence-electron chi connectivity index (χ2n) is 1.39. The Morgan fingerprint density at radius 2 is 2.89 bits per heavy atom. The number of hydrogen-bond donors (Lipinski definition) is 2. The Labute approximate surface area is 62.8 Å². The first kappa shape index (κ1) is 2.84. The Morgan fingerprint density at radius 1 is 2.11 bits per heavy atom. The van der Waals surface area contributed by atoms with E-state index in [1.54, 1.807) is 0 Å². The van der Waals surface area contributed by atoms with Gasteiger partial charge in [-0.05, 0) is 18.5 Å². The first-order valence-corrected chi connectivity index (χ1v) is 2.51. The second kappa shape index (κ2) is 2.19. The minimum atomic E-state index is -2.52. The maximum absolute atomic E-state index is 7.30. The van der Waals surface area contributed by atoms with Gasteiger partial charge in [0, 0.05) is 4.11 Å². The van der Waals surface area contributed by atoms with Crippen LogP contribution < -0.4 is 5.49 Å². The lowest BCUT2D eigenvalue weighted by molar-refractivity contribution is 0.914. The SMILES string of the molecule is [2H]c1c(Cl)n[nH]c(=N)c1C([2H])([2H])[2H]. The van der Waals surface area contributed by atoms with Crippen LogP contribution in [0.1, 0.15) is 11.0 Å². The van der Waals surface area contributed by atoms with Gasteiger partial charge in [-0.1, -0.05) is 11.6 Å². The van der Waals surface area contributed by atoms with Crippen molar-refractivity contribution in [1.29, 1.82) is 5.41 Å². The van der Waals surface area contributed by atoms with Crippen molar-refractivity contribution in [3.63, 3.8) is 0 Å². The summed E-state index contributed by atoms with van der Waals surface area (Å²) in [5, 5.41) is 12.4. The quantitative estimate of drug-likeness (QED) is 0.562. The predicted molar refractivity (Wildman–Crippen MR) is 34.2 cm³/mol. The van der Waals surface area contributed by atoms with Crippen molar-refractivity contribution in [2.75, 3.05) is 0 Å². The molecule has 4 heteroatoms. The van der Waals surface area contributed by atoms with Gasteiger partial charge in [0.25, 0.3) is 0 Å². The Bertz CT molecular complexity index is 382. The maximum Gasteiger partial charge on any atom is 0.149 e. The molecule has 0 saturated heterocycles. The third kappa shape index (κ3) is 1.29. The summed E-state index contributed by atoms with van der Waals surface area (Å²) in [5.74, 6) is 0. The van der Waals surface area contributed by atoms with Crippen molar-refractivity contribution in [2.24, 2.45) is 0 Å². The molecule has 0 amide bonds. The fourth-order valence-corrected chi connectivity index (χ4v) is 0.491. The lowest BCUT2D eigenvalue weighted by atomic mass is 10.3. The number of aromatic amines is 1. The summed E-state index contributed by atoms with van der Waals surface area (Å²) >= 11 is 5.43. The average molecular weight is 148 g/mol. The van der Waals surface area contributed by atoms with Crippen LogP contribution in [0.3, 0.4) is 0 Å². The Balaban J connectivity index is 3.53. The lowest BCUT2D eigenvalue weighted by Crippen LogP contribution is -2.10. The molecular weight excluding hydrogens is 138 g/mol. The molecule has 0 aliphatic heterocycles. The normalized spacial score (nSPS) is 17.4. The van der Waals surface area contributed by atoms with Crippen LogP contribution in [0.5, 0.6) is 0 Å². The summed E-state index contributed by atoms with van der Waals surface area (Å²) in [6.07, 6.45) is 0. The smallest absolute Gasteiger partial charge is 0.149 e. The van der Waals surface area contributed by atoms with E-state index in [-0.39, 0.29) is 5.15 Å². The molecule has 0 aliphatic carbocycles. The molecule has 0 saturated carbocycles. The number of nitrogens with zero attached hydrogens (tertiary/aromatic N) is 1. The van der Waals surface area contributed by atoms with Crippen LogP contribution in [0.4, 0.5) is 0 Å². The molecule has 48 valence electrons. The van der Waals surface area contributed by atoms with Crippen molar-refractivity contribution < 1.29 is 5.48 Å². The highest BCUT2D eigenvalue weighted by Crippen LogP contribution is 1.98. The van der Waals surface area contributed by atoms with Crippen LogP contribution in [0, 0.1) is 12.3 Å². The monoisotopic (exact) mass is 147 g/mol. The highest BCUT2D eigenvalue weighted by Gasteiger charge is 1.89. The first-order valence-electron chi connectivity index (χ1n) is 4.14. The van der Waals surface area contributed by atoms with E-state index in [9.17, 15) is 0 Å². The Morgan fingerprint density at radius 3 is 3.44 bits per heavy atom. The predicted octanol–water partition coefficient (Wildman–Crippen LogP) is 0.851. The standard InChI is InChI=1S/C5H6ClN3/c1-3-2-4(6)8-9-5(3)7/h2H,1H3,(H2,7,9)/i1D3,2D. The van der Waals surface area contributed by atoms with Crippen LogP contribution >= 0.6 is 11.6 Å². The van der Waals surface area contributed by atoms with Crippen molar-refractivity contribution >= 4 is 11.6 Å². The molecule has 0 aliphatic rings. The van der Waals surface area contributed by atoms with E-state index in [0.29, 0.717) is 0 Å². The van der Waals surface area contributed by atoms with Gasteiger partial charge in [-0.2, -0.15) is 5.10 Å². The van der Waals surface area contributed by atoms with Crippen molar-refractivity contribution in [2.45, 2.75) is 6.85 Å². The van der Waals surface area contributed by atoms with Gasteiger partial charge in [0.05, 0.1) is 1.37 Å². The van der Waals surface area contributed by atoms with E-state index < -0.39 is 23.9 Å². The molecule has 0 spiro atoms. The average Bonchev–Trinajstić information content (AvgIpc) is 1.95. The summed E-state index contributed by atoms with van der Waals surface area (Å²) in [6, 6.07) is -0.426. The van der Waals surface area contributed by atoms with Crippen LogP contribution in [0.2, 0.25) is 5.15 Å². The fourth-order valence-electron chi connectivity index (χ4n) is 0.354. The fraction of sp³-hybridized carbons (Fsp3) is 0.200. The van der Waals surface area contributed by atoms with Gasteiger partial charge in [-0.15, -0.1) is 0 Å². The van der Waals surface area contributed by atoms with Gasteiger partial charge in [0.2, 0.25) is 0 Å². The van der Waals surface area contributed by atoms with Gasteiger partial charge in [0.15, 0.2) is 0 Å². The Kier molecular flexibility index (Phi) is 0.689. The molecule has 1 aromatic rings. The van der Waals surface area contributed by atoms with Gasteiger partial charge >= 0.3 is 0 Å². The van der Waals surface area contributed by atoms with Crippen LogP contribution in [-0.4, -0.2) is 10.2 Å². The van der Waals surface area contributed by atoms with Gasteiger partial charge in [0.1, 0.15) is 10.6 Å². The van der Waals surface area contributed by atoms with E-state index in [1.165, 1.54) is 0 Å². The number of H-pyrrole nitrogens is 1. The molecule has 2 N–H and O–H groups in total. The zero-order chi connectivity index (χ0) is 10.2. The highest BCUT2D eigenvalue weighted by atomic mass is 35.5. The van der Waals surface area contributed by atoms with E-state index >= 15 is 0 Å². The highest BCUT2D eigenvalue weighted by molar-refractivity contribution is 6.29. The van der Waals surface area contributed by atoms with E-state index in [2.05, 4.69) is 10.2 Å². The minimum Gasteiger partial charge on any atom is -0.283 e. The summed E-state index contributed by atoms with van der Waals surface area (Å²) in [4.78, 5) is 0. The molecule has 0 atom stereocenters. The topological polar surface area (TPSA) is 52.5 Å². The molecule has 1 heterocycles. The Hall–Kier alpha value is -0.830. The van der Waals surface area contributed by atoms with Crippen LogP contribution in [0.15, 0.2) is 6.04 Å². The van der Waals surface area contributed by atoms with Crippen LogP contribution in [-0.2, 0) is 0 Å². The number of rotatable bonds is 0. The third-order valence-electron chi connectivity index (χ3n) is 0.744. The number of nitrogens with one attached hydrogen (secondary N) is 2. The largest absolute Gasteiger partial charge is 0.283 e. The molecule has 0 aromatic carbocycles. The summed E-state index contributed by atoms with van der Waals surface area (Å²) in [5.41, 5.74) is -0.818. The molecular formula is C5H6ClN3. The number of hydrogen-bond acceptors (Lipinski definition) is 2. The first-order chi connectivity index (χ1) is 5.84. The van der Waals surface area contributed by atoms with E-state index in [4.69, 9.17) is 22.5 Å². The lowest BCUT2D eigenvalue weighted by Gasteiger charge is -1.90. The van der Waals surface area contributed by atoms with Crippen LogP contribution in [0.25, 0.3) is 0 Å². The van der Waals surface area contributed by atoms with Gasteiger partial charge < -0.3 is 0 Å². The maximum atomic E-state index is 7.30. The summed E-state index contributed by atoms with van der Waals surface area (Å²) < 4.78 is 28.4. The van der Waals surface area contributed by atoms with Crippen molar-refractivity contribution in [3.8, 4) is 0 Å². The summed E-state index contributed by atoms with van der Waals surface area (Å²) in [6.45, 7) is -2.52. The van der Waals surface area contributed by atoms with Crippen molar-refractivity contribution in [1.82, 2.24) is 10.2 Å². The molecule has 0 unspecified atom stereocenters. The molecule has 0 bridgehead atoms. The van der Waals surface area contributed by atoms with Gasteiger partial charge in [-0.25, -0.2) is 0 Å². The van der Waals surface area contributed by atoms with E-state index in [0.717, 1.165) is 0 Å². The minimum absolute atomic E-state index is 0.248. The number of aromatic nitrogens is 2. The molecule has 0 radical (unpaired) electrons. The molecule has 1 aromatic heterocycles. The molecule has 1 rings (SSSR count).